The molecule has 0 aliphatic heterocycles. The summed E-state index contributed by atoms with van der Waals surface area (Å²) in [6.07, 6.45) is 3.57. The van der Waals surface area contributed by atoms with Gasteiger partial charge in [-0.2, -0.15) is 0 Å². The predicted octanol–water partition coefficient (Wildman–Crippen LogP) is -1.53. The lowest BCUT2D eigenvalue weighted by atomic mass is 9.75. The first-order valence-corrected chi connectivity index (χ1v) is 8.87. The van der Waals surface area contributed by atoms with Crippen LogP contribution in [0.1, 0.15) is 40.0 Å². The van der Waals surface area contributed by atoms with Gasteiger partial charge in [0.05, 0.1) is 5.94 Å². The van der Waals surface area contributed by atoms with Crippen LogP contribution in [0.2, 0.25) is 0 Å². The summed E-state index contributed by atoms with van der Waals surface area (Å²) in [5, 5.41) is 33.4. The van der Waals surface area contributed by atoms with Crippen LogP contribution in [-0.4, -0.2) is 58.5 Å². The molecule has 0 bridgehead atoms. The Morgan fingerprint density at radius 1 is 1.32 bits per heavy atom. The van der Waals surface area contributed by atoms with Gasteiger partial charge in [0, 0.05) is 6.54 Å². The van der Waals surface area contributed by atoms with Crippen molar-refractivity contribution < 1.29 is 24.7 Å². The van der Waals surface area contributed by atoms with Crippen LogP contribution in [0, 0.1) is 16.0 Å². The molecular formula is C15H29BN6O6. The summed E-state index contributed by atoms with van der Waals surface area (Å²) in [4.78, 5) is 38.3. The molecule has 0 rings (SSSR count). The lowest BCUT2D eigenvalue weighted by molar-refractivity contribution is -0.525. The minimum absolute atomic E-state index is 0.0913. The molecule has 2 atom stereocenters. The van der Waals surface area contributed by atoms with Gasteiger partial charge in [0.2, 0.25) is 11.8 Å². The third-order valence-electron chi connectivity index (χ3n) is 3.50. The molecule has 0 aromatic heterocycles. The average Bonchev–Trinajstić information content (AvgIpc) is 2.55. The topological polar surface area (TPSA) is 192 Å². The number of aliphatic imine (C=N–C) groups is 1. The molecule has 0 spiro atoms. The van der Waals surface area contributed by atoms with E-state index in [1.54, 1.807) is 12.3 Å². The molecular weight excluding hydrogens is 371 g/mol. The number of hydrazine groups is 1. The largest absolute Gasteiger partial charge is 0.475 e. The molecule has 0 unspecified atom stereocenters. The zero-order valence-corrected chi connectivity index (χ0v) is 16.3. The molecule has 13 heteroatoms. The smallest absolute Gasteiger partial charge is 0.426 e. The lowest BCUT2D eigenvalue weighted by Gasteiger charge is -2.23. The van der Waals surface area contributed by atoms with Crippen LogP contribution in [0.25, 0.3) is 0 Å². The predicted molar refractivity (Wildman–Crippen MR) is 104 cm³/mol. The van der Waals surface area contributed by atoms with E-state index in [4.69, 9.17) is 5.73 Å². The van der Waals surface area contributed by atoms with Crippen molar-refractivity contribution in [2.75, 3.05) is 6.54 Å². The number of rotatable bonds is 12. The summed E-state index contributed by atoms with van der Waals surface area (Å²) in [5.74, 6) is -2.20. The number of amides is 2. The third-order valence-corrected chi connectivity index (χ3v) is 3.50. The summed E-state index contributed by atoms with van der Waals surface area (Å²) < 4.78 is 0. The maximum Gasteiger partial charge on any atom is 0.475 e. The Morgan fingerprint density at radius 3 is 2.46 bits per heavy atom. The Balaban J connectivity index is 4.96. The summed E-state index contributed by atoms with van der Waals surface area (Å²) in [6, 6.07) is -0.947. The number of nitrogens with zero attached hydrogens (tertiary/aromatic N) is 2. The van der Waals surface area contributed by atoms with Gasteiger partial charge < -0.3 is 26.4 Å². The van der Waals surface area contributed by atoms with Crippen molar-refractivity contribution in [2.24, 2.45) is 16.6 Å². The van der Waals surface area contributed by atoms with Crippen LogP contribution in [0.5, 0.6) is 0 Å². The van der Waals surface area contributed by atoms with Gasteiger partial charge in [-0.3, -0.25) is 9.59 Å². The second kappa shape index (κ2) is 13.5. The second-order valence-corrected chi connectivity index (χ2v) is 6.50. The van der Waals surface area contributed by atoms with Crippen LogP contribution < -0.4 is 21.8 Å². The highest BCUT2D eigenvalue weighted by Gasteiger charge is 2.29. The minimum atomic E-state index is -1.74. The van der Waals surface area contributed by atoms with Crippen LogP contribution in [0.15, 0.2) is 17.1 Å². The van der Waals surface area contributed by atoms with E-state index in [2.05, 4.69) is 15.6 Å². The molecule has 0 saturated heterocycles. The number of allylic oxidation sites excluding steroid dienone is 1. The van der Waals surface area contributed by atoms with Gasteiger partial charge in [-0.15, -0.1) is 0 Å². The van der Waals surface area contributed by atoms with E-state index in [1.807, 2.05) is 13.8 Å². The van der Waals surface area contributed by atoms with Crippen molar-refractivity contribution in [1.82, 2.24) is 16.1 Å². The number of nitrogens with one attached hydrogen (secondary N) is 3. The SMILES string of the molecule is CC=CC(=O)N[C@@H](CCCN=C(N)N[N+](=O)[O-])C(=O)N[C@@H](CC(C)C)B(O)O. The average molecular weight is 400 g/mol. The van der Waals surface area contributed by atoms with E-state index in [9.17, 15) is 29.8 Å². The molecule has 0 fully saturated rings. The highest BCUT2D eigenvalue weighted by Crippen LogP contribution is 2.07. The highest BCUT2D eigenvalue weighted by molar-refractivity contribution is 6.43. The highest BCUT2D eigenvalue weighted by atomic mass is 16.7. The molecule has 0 saturated carbocycles. The van der Waals surface area contributed by atoms with Crippen molar-refractivity contribution >= 4 is 24.9 Å². The zero-order chi connectivity index (χ0) is 21.7. The fraction of sp³-hybridized carbons (Fsp3) is 0.667. The van der Waals surface area contributed by atoms with Crippen molar-refractivity contribution in [2.45, 2.75) is 52.0 Å². The summed E-state index contributed by atoms with van der Waals surface area (Å²) in [5.41, 5.74) is 7.00. The first kappa shape index (κ1) is 25.3. The van der Waals surface area contributed by atoms with Gasteiger partial charge in [0.1, 0.15) is 6.04 Å². The summed E-state index contributed by atoms with van der Waals surface area (Å²) >= 11 is 0. The molecule has 28 heavy (non-hydrogen) atoms. The van der Waals surface area contributed by atoms with Gasteiger partial charge in [0.15, 0.2) is 5.03 Å². The molecule has 158 valence electrons. The van der Waals surface area contributed by atoms with Gasteiger partial charge >= 0.3 is 7.12 Å². The van der Waals surface area contributed by atoms with Crippen molar-refractivity contribution in [1.29, 1.82) is 0 Å². The molecule has 0 aliphatic carbocycles. The number of nitrogens with two attached hydrogens (primary N) is 1. The Kier molecular flexibility index (Phi) is 12.2. The molecule has 2 amide bonds. The standard InChI is InChI=1S/C15H29BN6O6/c1-4-6-13(23)19-11(7-5-8-18-15(17)21-22(27)28)14(24)20-12(16(25)26)9-10(2)3/h4,6,10-12,25-26H,5,7-9H2,1-3H3,(H,19,23)(H,20,24)(H3,17,18,21)/t11-,12-/m0/s1. The minimum Gasteiger partial charge on any atom is -0.426 e. The molecule has 0 aliphatic rings. The van der Waals surface area contributed by atoms with E-state index >= 15 is 0 Å². The molecule has 0 heterocycles. The number of hydrogen-bond acceptors (Lipinski definition) is 7. The number of carbonyl (C=O) groups is 2. The first-order valence-electron chi connectivity index (χ1n) is 8.87. The number of hydrogen-bond donors (Lipinski definition) is 6. The van der Waals surface area contributed by atoms with Crippen LogP contribution in [-0.2, 0) is 9.59 Å². The maximum atomic E-state index is 12.5. The lowest BCUT2D eigenvalue weighted by Crippen LogP contribution is -2.54. The van der Waals surface area contributed by atoms with E-state index in [0.717, 1.165) is 0 Å². The van der Waals surface area contributed by atoms with E-state index in [0.29, 0.717) is 12.8 Å². The van der Waals surface area contributed by atoms with Crippen molar-refractivity contribution in [3.05, 3.63) is 22.3 Å². The Morgan fingerprint density at radius 2 is 1.96 bits per heavy atom. The normalized spacial score (nSPS) is 13.9. The van der Waals surface area contributed by atoms with Crippen molar-refractivity contribution in [3.8, 4) is 0 Å². The van der Waals surface area contributed by atoms with Crippen LogP contribution in [0.4, 0.5) is 0 Å². The van der Waals surface area contributed by atoms with E-state index in [1.165, 1.54) is 12.2 Å². The summed E-state index contributed by atoms with van der Waals surface area (Å²) in [7, 11) is -1.74. The van der Waals surface area contributed by atoms with Gasteiger partial charge in [-0.1, -0.05) is 25.3 Å². The number of nitro groups is 1. The number of carbonyl (C=O) groups excluding carboxylic acids is 2. The van der Waals surface area contributed by atoms with Gasteiger partial charge in [-0.05, 0) is 38.2 Å². The number of guanidine groups is 1. The monoisotopic (exact) mass is 400 g/mol. The third kappa shape index (κ3) is 11.9. The van der Waals surface area contributed by atoms with Gasteiger partial charge in [0.25, 0.3) is 5.96 Å². The molecule has 12 nitrogen and oxygen atoms in total. The Labute approximate surface area is 163 Å². The van der Waals surface area contributed by atoms with E-state index < -0.39 is 35.9 Å². The van der Waals surface area contributed by atoms with E-state index in [-0.39, 0.29) is 24.8 Å². The first-order chi connectivity index (χ1) is 13.1. The fourth-order valence-electron chi connectivity index (χ4n) is 2.31. The van der Waals surface area contributed by atoms with Crippen LogP contribution in [0.3, 0.4) is 0 Å². The Bertz CT molecular complexity index is 583. The maximum absolute atomic E-state index is 12.5. The summed E-state index contributed by atoms with van der Waals surface area (Å²) in [6.45, 7) is 5.48. The molecule has 0 aromatic rings. The quantitative estimate of drug-likeness (QED) is 0.0432. The molecule has 7 N–H and O–H groups in total. The fourth-order valence-corrected chi connectivity index (χ4v) is 2.31. The molecule has 0 aromatic carbocycles. The second-order valence-electron chi connectivity index (χ2n) is 6.50. The Hall–Kier alpha value is -2.67. The van der Waals surface area contributed by atoms with Gasteiger partial charge in [-0.25, -0.2) is 15.1 Å². The van der Waals surface area contributed by atoms with Crippen molar-refractivity contribution in [3.63, 3.8) is 0 Å². The zero-order valence-electron chi connectivity index (χ0n) is 16.3. The van der Waals surface area contributed by atoms with Crippen LogP contribution >= 0.6 is 0 Å². The molecule has 0 radical (unpaired) electrons.